The number of hydrogen-bond acceptors (Lipinski definition) is 3. The predicted molar refractivity (Wildman–Crippen MR) is 75.9 cm³/mol. The standard InChI is InChI=1S/C15H20FNO4/c1-4-21-8-13(9(2)3)17-14(18)11-6-5-10(15(19)20)7-12(11)16/h5-7,9,13H,4,8H2,1-3H3,(H,17,18)(H,19,20). The summed E-state index contributed by atoms with van der Waals surface area (Å²) in [5, 5.41) is 11.5. The van der Waals surface area contributed by atoms with E-state index in [-0.39, 0.29) is 23.1 Å². The number of carbonyl (C=O) groups excluding carboxylic acids is 1. The van der Waals surface area contributed by atoms with Crippen LogP contribution in [0.15, 0.2) is 18.2 Å². The summed E-state index contributed by atoms with van der Waals surface area (Å²) < 4.78 is 19.1. The molecule has 0 aliphatic rings. The maximum Gasteiger partial charge on any atom is 0.335 e. The molecule has 1 rings (SSSR count). The first-order chi connectivity index (χ1) is 9.86. The molecule has 1 aromatic carbocycles. The zero-order chi connectivity index (χ0) is 16.0. The summed E-state index contributed by atoms with van der Waals surface area (Å²) in [5.74, 6) is -2.55. The SMILES string of the molecule is CCOCC(NC(=O)c1ccc(C(=O)O)cc1F)C(C)C. The molecule has 0 aliphatic heterocycles. The number of carbonyl (C=O) groups is 2. The zero-order valence-electron chi connectivity index (χ0n) is 12.4. The molecule has 116 valence electrons. The number of carboxylic acid groups (broad SMARTS) is 1. The number of nitrogens with one attached hydrogen (secondary N) is 1. The van der Waals surface area contributed by atoms with Gasteiger partial charge in [0, 0.05) is 6.61 Å². The van der Waals surface area contributed by atoms with E-state index >= 15 is 0 Å². The minimum atomic E-state index is -1.24. The number of benzene rings is 1. The van der Waals surface area contributed by atoms with Crippen LogP contribution in [0.2, 0.25) is 0 Å². The molecule has 0 aliphatic carbocycles. The van der Waals surface area contributed by atoms with Gasteiger partial charge in [-0.3, -0.25) is 4.79 Å². The summed E-state index contributed by atoms with van der Waals surface area (Å²) in [7, 11) is 0. The number of halogens is 1. The Morgan fingerprint density at radius 1 is 1.38 bits per heavy atom. The van der Waals surface area contributed by atoms with Crippen molar-refractivity contribution in [1.82, 2.24) is 5.32 Å². The fourth-order valence-electron chi connectivity index (χ4n) is 1.72. The fourth-order valence-corrected chi connectivity index (χ4v) is 1.72. The van der Waals surface area contributed by atoms with Crippen molar-refractivity contribution in [3.63, 3.8) is 0 Å². The molecule has 0 fully saturated rings. The average molecular weight is 297 g/mol. The van der Waals surface area contributed by atoms with Crippen LogP contribution in [0.25, 0.3) is 0 Å². The van der Waals surface area contributed by atoms with Crippen molar-refractivity contribution in [2.75, 3.05) is 13.2 Å². The molecule has 0 spiro atoms. The first-order valence-electron chi connectivity index (χ1n) is 6.78. The number of aromatic carboxylic acids is 1. The van der Waals surface area contributed by atoms with Gasteiger partial charge in [0.25, 0.3) is 5.91 Å². The van der Waals surface area contributed by atoms with Crippen molar-refractivity contribution in [2.45, 2.75) is 26.8 Å². The lowest BCUT2D eigenvalue weighted by Gasteiger charge is -2.22. The quantitative estimate of drug-likeness (QED) is 0.810. The number of rotatable bonds is 7. The van der Waals surface area contributed by atoms with E-state index in [1.807, 2.05) is 20.8 Å². The Hall–Kier alpha value is -1.95. The third-order valence-electron chi connectivity index (χ3n) is 3.08. The van der Waals surface area contributed by atoms with Gasteiger partial charge in [-0.1, -0.05) is 13.8 Å². The van der Waals surface area contributed by atoms with Crippen LogP contribution in [-0.4, -0.2) is 36.2 Å². The Kier molecular flexibility index (Phi) is 6.30. The van der Waals surface area contributed by atoms with Gasteiger partial charge in [-0.05, 0) is 31.0 Å². The normalized spacial score (nSPS) is 12.2. The Morgan fingerprint density at radius 2 is 2.05 bits per heavy atom. The van der Waals surface area contributed by atoms with Crippen LogP contribution >= 0.6 is 0 Å². The summed E-state index contributed by atoms with van der Waals surface area (Å²) in [6, 6.07) is 2.97. The topological polar surface area (TPSA) is 75.6 Å². The molecule has 0 saturated heterocycles. The van der Waals surface area contributed by atoms with E-state index < -0.39 is 17.7 Å². The van der Waals surface area contributed by atoms with Gasteiger partial charge in [0.1, 0.15) is 5.82 Å². The maximum absolute atomic E-state index is 13.8. The van der Waals surface area contributed by atoms with Crippen molar-refractivity contribution in [2.24, 2.45) is 5.92 Å². The molecule has 6 heteroatoms. The van der Waals surface area contributed by atoms with Crippen molar-refractivity contribution < 1.29 is 23.8 Å². The number of ether oxygens (including phenoxy) is 1. The summed E-state index contributed by atoms with van der Waals surface area (Å²) in [5.41, 5.74) is -0.374. The fraction of sp³-hybridized carbons (Fsp3) is 0.467. The Balaban J connectivity index is 2.85. The second-order valence-electron chi connectivity index (χ2n) is 4.98. The second-order valence-corrected chi connectivity index (χ2v) is 4.98. The second kappa shape index (κ2) is 7.73. The zero-order valence-corrected chi connectivity index (χ0v) is 12.4. The van der Waals surface area contributed by atoms with Crippen LogP contribution in [0.3, 0.4) is 0 Å². The minimum absolute atomic E-state index is 0.127. The molecule has 5 nitrogen and oxygen atoms in total. The van der Waals surface area contributed by atoms with Gasteiger partial charge in [0.2, 0.25) is 0 Å². The van der Waals surface area contributed by atoms with E-state index in [1.165, 1.54) is 12.1 Å². The average Bonchev–Trinajstić information content (AvgIpc) is 2.42. The molecule has 0 heterocycles. The first-order valence-corrected chi connectivity index (χ1v) is 6.78. The minimum Gasteiger partial charge on any atom is -0.478 e. The molecule has 21 heavy (non-hydrogen) atoms. The smallest absolute Gasteiger partial charge is 0.335 e. The van der Waals surface area contributed by atoms with Crippen LogP contribution < -0.4 is 5.32 Å². The van der Waals surface area contributed by atoms with Gasteiger partial charge in [0.15, 0.2) is 0 Å². The lowest BCUT2D eigenvalue weighted by molar-refractivity contribution is 0.0695. The summed E-state index contributed by atoms with van der Waals surface area (Å²) in [6.45, 7) is 6.57. The molecule has 0 bridgehead atoms. The van der Waals surface area contributed by atoms with Crippen molar-refractivity contribution >= 4 is 11.9 Å². The molecule has 1 amide bonds. The number of carboxylic acids is 1. The van der Waals surface area contributed by atoms with Crippen LogP contribution in [0, 0.1) is 11.7 Å². The lowest BCUT2D eigenvalue weighted by atomic mass is 10.0. The van der Waals surface area contributed by atoms with E-state index in [0.29, 0.717) is 13.2 Å². The lowest BCUT2D eigenvalue weighted by Crippen LogP contribution is -2.42. The highest BCUT2D eigenvalue weighted by Gasteiger charge is 2.20. The van der Waals surface area contributed by atoms with Gasteiger partial charge >= 0.3 is 5.97 Å². The highest BCUT2D eigenvalue weighted by atomic mass is 19.1. The molecule has 0 radical (unpaired) electrons. The molecule has 0 aromatic heterocycles. The number of hydrogen-bond donors (Lipinski definition) is 2. The van der Waals surface area contributed by atoms with E-state index in [0.717, 1.165) is 6.07 Å². The summed E-state index contributed by atoms with van der Waals surface area (Å²) in [6.07, 6.45) is 0. The monoisotopic (exact) mass is 297 g/mol. The highest BCUT2D eigenvalue weighted by Crippen LogP contribution is 2.12. The van der Waals surface area contributed by atoms with E-state index in [4.69, 9.17) is 9.84 Å². The van der Waals surface area contributed by atoms with Gasteiger partial charge < -0.3 is 15.2 Å². The first kappa shape index (κ1) is 17.1. The third kappa shape index (κ3) is 4.82. The highest BCUT2D eigenvalue weighted by molar-refractivity contribution is 5.96. The van der Waals surface area contributed by atoms with Gasteiger partial charge in [-0.2, -0.15) is 0 Å². The molecular formula is C15H20FNO4. The molecule has 0 saturated carbocycles. The molecule has 1 aromatic rings. The molecule has 2 N–H and O–H groups in total. The summed E-state index contributed by atoms with van der Waals surface area (Å²) >= 11 is 0. The van der Waals surface area contributed by atoms with Crippen molar-refractivity contribution in [1.29, 1.82) is 0 Å². The van der Waals surface area contributed by atoms with Crippen molar-refractivity contribution in [3.05, 3.63) is 35.1 Å². The van der Waals surface area contributed by atoms with Crippen LogP contribution in [0.4, 0.5) is 4.39 Å². The van der Waals surface area contributed by atoms with Crippen LogP contribution in [0.1, 0.15) is 41.5 Å². The third-order valence-corrected chi connectivity index (χ3v) is 3.08. The Bertz CT molecular complexity index is 516. The van der Waals surface area contributed by atoms with Crippen LogP contribution in [0.5, 0.6) is 0 Å². The predicted octanol–water partition coefficient (Wildman–Crippen LogP) is 2.31. The maximum atomic E-state index is 13.8. The Labute approximate surface area is 123 Å². The molecule has 1 atom stereocenters. The van der Waals surface area contributed by atoms with Gasteiger partial charge in [-0.25, -0.2) is 9.18 Å². The Morgan fingerprint density at radius 3 is 2.52 bits per heavy atom. The van der Waals surface area contributed by atoms with Crippen molar-refractivity contribution in [3.8, 4) is 0 Å². The molecular weight excluding hydrogens is 277 g/mol. The summed E-state index contributed by atoms with van der Waals surface area (Å²) in [4.78, 5) is 22.8. The van der Waals surface area contributed by atoms with Gasteiger partial charge in [0.05, 0.1) is 23.8 Å². The molecule has 1 unspecified atom stereocenters. The van der Waals surface area contributed by atoms with Gasteiger partial charge in [-0.15, -0.1) is 0 Å². The van der Waals surface area contributed by atoms with E-state index in [1.54, 1.807) is 0 Å². The van der Waals surface area contributed by atoms with E-state index in [9.17, 15) is 14.0 Å². The number of amides is 1. The van der Waals surface area contributed by atoms with E-state index in [2.05, 4.69) is 5.32 Å². The van der Waals surface area contributed by atoms with Crippen LogP contribution in [-0.2, 0) is 4.74 Å². The largest absolute Gasteiger partial charge is 0.478 e.